The van der Waals surface area contributed by atoms with Crippen LogP contribution in [0, 0.1) is 0 Å². The van der Waals surface area contributed by atoms with Crippen LogP contribution in [0.5, 0.6) is 11.5 Å². The molecule has 1 heterocycles. The third-order valence-electron chi connectivity index (χ3n) is 2.41. The van der Waals surface area contributed by atoms with Crippen molar-refractivity contribution in [3.8, 4) is 11.5 Å². The van der Waals surface area contributed by atoms with E-state index >= 15 is 0 Å². The van der Waals surface area contributed by atoms with Crippen molar-refractivity contribution in [3.63, 3.8) is 0 Å². The average Bonchev–Trinajstić information content (AvgIpc) is 2.36. The predicted octanol–water partition coefficient (Wildman–Crippen LogP) is 1.04. The first kappa shape index (κ1) is 10.6. The third kappa shape index (κ3) is 1.88. The third-order valence-corrected chi connectivity index (χ3v) is 2.41. The minimum atomic E-state index is -0.468. The summed E-state index contributed by atoms with van der Waals surface area (Å²) in [5.41, 5.74) is 0.737. The van der Waals surface area contributed by atoms with Crippen molar-refractivity contribution in [2.75, 3.05) is 26.1 Å². The molecule has 0 saturated heterocycles. The molecule has 0 fully saturated rings. The van der Waals surface area contributed by atoms with Crippen LogP contribution >= 0.6 is 0 Å². The summed E-state index contributed by atoms with van der Waals surface area (Å²) in [6.45, 7) is 0.270. The predicted molar refractivity (Wildman–Crippen MR) is 57.9 cm³/mol. The second-order valence-corrected chi connectivity index (χ2v) is 3.39. The molecule has 0 bridgehead atoms. The quantitative estimate of drug-likeness (QED) is 0.759. The van der Waals surface area contributed by atoms with Crippen molar-refractivity contribution in [1.29, 1.82) is 0 Å². The lowest BCUT2D eigenvalue weighted by Crippen LogP contribution is -2.39. The molecule has 0 aliphatic carbocycles. The lowest BCUT2D eigenvalue weighted by atomic mass is 10.2. The minimum absolute atomic E-state index is 0.270. The largest absolute Gasteiger partial charge is 0.497 e. The van der Waals surface area contributed by atoms with E-state index in [1.54, 1.807) is 25.3 Å². The van der Waals surface area contributed by atoms with Crippen LogP contribution in [-0.4, -0.2) is 32.8 Å². The van der Waals surface area contributed by atoms with Gasteiger partial charge in [-0.05, 0) is 12.1 Å². The molecule has 5 heteroatoms. The zero-order chi connectivity index (χ0) is 11.5. The molecule has 1 unspecified atom stereocenters. The van der Waals surface area contributed by atoms with Crippen molar-refractivity contribution in [2.24, 2.45) is 0 Å². The van der Waals surface area contributed by atoms with Gasteiger partial charge in [0.05, 0.1) is 19.9 Å². The topological polar surface area (TPSA) is 56.8 Å². The van der Waals surface area contributed by atoms with Gasteiger partial charge in [-0.15, -0.1) is 0 Å². The van der Waals surface area contributed by atoms with E-state index in [0.717, 1.165) is 5.69 Å². The van der Waals surface area contributed by atoms with Crippen LogP contribution in [0.15, 0.2) is 18.2 Å². The van der Waals surface area contributed by atoms with Gasteiger partial charge in [-0.1, -0.05) is 0 Å². The minimum Gasteiger partial charge on any atom is -0.497 e. The van der Waals surface area contributed by atoms with Gasteiger partial charge in [0, 0.05) is 6.07 Å². The SMILES string of the molecule is COC(=O)C1COc2ccc(OC)cc2N1. The Morgan fingerprint density at radius 1 is 1.50 bits per heavy atom. The van der Waals surface area contributed by atoms with Crippen LogP contribution in [0.3, 0.4) is 0 Å². The van der Waals surface area contributed by atoms with E-state index in [-0.39, 0.29) is 12.6 Å². The molecular formula is C11H13NO4. The lowest BCUT2D eigenvalue weighted by molar-refractivity contribution is -0.142. The first-order valence-electron chi connectivity index (χ1n) is 4.90. The lowest BCUT2D eigenvalue weighted by Gasteiger charge is -2.25. The van der Waals surface area contributed by atoms with Crippen LogP contribution in [0.2, 0.25) is 0 Å². The summed E-state index contributed by atoms with van der Waals surface area (Å²) in [6, 6.07) is 4.92. The van der Waals surface area contributed by atoms with E-state index in [1.807, 2.05) is 0 Å². The fraction of sp³-hybridized carbons (Fsp3) is 0.364. The van der Waals surface area contributed by atoms with Crippen molar-refractivity contribution >= 4 is 11.7 Å². The highest BCUT2D eigenvalue weighted by atomic mass is 16.5. The number of fused-ring (bicyclic) bond motifs is 1. The molecule has 1 aliphatic rings. The Bertz CT molecular complexity index is 405. The molecule has 86 valence electrons. The first-order chi connectivity index (χ1) is 7.74. The number of carbonyl (C=O) groups excluding carboxylic acids is 1. The molecule has 1 aromatic rings. The van der Waals surface area contributed by atoms with E-state index in [4.69, 9.17) is 9.47 Å². The summed E-state index contributed by atoms with van der Waals surface area (Å²) >= 11 is 0. The Morgan fingerprint density at radius 3 is 3.00 bits per heavy atom. The van der Waals surface area contributed by atoms with Gasteiger partial charge in [0.2, 0.25) is 0 Å². The molecule has 16 heavy (non-hydrogen) atoms. The number of hydrogen-bond acceptors (Lipinski definition) is 5. The molecule has 1 aromatic carbocycles. The first-order valence-corrected chi connectivity index (χ1v) is 4.90. The maximum absolute atomic E-state index is 11.3. The number of hydrogen-bond donors (Lipinski definition) is 1. The Balaban J connectivity index is 2.21. The van der Waals surface area contributed by atoms with Gasteiger partial charge in [0.1, 0.15) is 18.1 Å². The van der Waals surface area contributed by atoms with Gasteiger partial charge in [-0.25, -0.2) is 4.79 Å². The van der Waals surface area contributed by atoms with Crippen LogP contribution in [0.25, 0.3) is 0 Å². The Hall–Kier alpha value is -1.91. The van der Waals surface area contributed by atoms with Gasteiger partial charge in [0.25, 0.3) is 0 Å². The second-order valence-electron chi connectivity index (χ2n) is 3.39. The highest BCUT2D eigenvalue weighted by Gasteiger charge is 2.25. The Labute approximate surface area is 93.3 Å². The van der Waals surface area contributed by atoms with E-state index < -0.39 is 6.04 Å². The van der Waals surface area contributed by atoms with Crippen molar-refractivity contribution in [2.45, 2.75) is 6.04 Å². The molecule has 0 spiro atoms. The molecule has 2 rings (SSSR count). The van der Waals surface area contributed by atoms with Crippen LogP contribution < -0.4 is 14.8 Å². The van der Waals surface area contributed by atoms with Crippen molar-refractivity contribution in [1.82, 2.24) is 0 Å². The monoisotopic (exact) mass is 223 g/mol. The van der Waals surface area contributed by atoms with E-state index in [1.165, 1.54) is 7.11 Å². The van der Waals surface area contributed by atoms with Gasteiger partial charge in [-0.2, -0.15) is 0 Å². The number of esters is 1. The maximum Gasteiger partial charge on any atom is 0.331 e. The summed E-state index contributed by atoms with van der Waals surface area (Å²) in [5, 5.41) is 3.04. The number of ether oxygens (including phenoxy) is 3. The normalized spacial score (nSPS) is 17.8. The highest BCUT2D eigenvalue weighted by Crippen LogP contribution is 2.32. The van der Waals surface area contributed by atoms with Crippen LogP contribution in [0.1, 0.15) is 0 Å². The van der Waals surface area contributed by atoms with Crippen LogP contribution in [-0.2, 0) is 9.53 Å². The number of nitrogens with one attached hydrogen (secondary N) is 1. The van der Waals surface area contributed by atoms with Crippen molar-refractivity contribution < 1.29 is 19.0 Å². The maximum atomic E-state index is 11.3. The molecule has 0 radical (unpaired) electrons. The molecule has 0 amide bonds. The van der Waals surface area contributed by atoms with Gasteiger partial charge in [-0.3, -0.25) is 0 Å². The van der Waals surface area contributed by atoms with Gasteiger partial charge < -0.3 is 19.5 Å². The zero-order valence-corrected chi connectivity index (χ0v) is 9.15. The Morgan fingerprint density at radius 2 is 2.31 bits per heavy atom. The summed E-state index contributed by atoms with van der Waals surface area (Å²) in [7, 11) is 2.94. The molecule has 0 aromatic heterocycles. The molecular weight excluding hydrogens is 210 g/mol. The van der Waals surface area contributed by atoms with E-state index in [0.29, 0.717) is 11.5 Å². The molecule has 1 N–H and O–H groups in total. The highest BCUT2D eigenvalue weighted by molar-refractivity contribution is 5.81. The summed E-state index contributed by atoms with van der Waals surface area (Å²) in [5.74, 6) is 1.08. The fourth-order valence-electron chi connectivity index (χ4n) is 1.55. The zero-order valence-electron chi connectivity index (χ0n) is 9.15. The smallest absolute Gasteiger partial charge is 0.331 e. The molecule has 5 nitrogen and oxygen atoms in total. The number of rotatable bonds is 2. The molecule has 1 atom stereocenters. The summed E-state index contributed by atoms with van der Waals surface area (Å²) < 4.78 is 15.2. The number of methoxy groups -OCH3 is 2. The number of anilines is 1. The van der Waals surface area contributed by atoms with Gasteiger partial charge in [0.15, 0.2) is 6.04 Å². The van der Waals surface area contributed by atoms with E-state index in [2.05, 4.69) is 10.1 Å². The van der Waals surface area contributed by atoms with Crippen molar-refractivity contribution in [3.05, 3.63) is 18.2 Å². The number of carbonyl (C=O) groups is 1. The van der Waals surface area contributed by atoms with E-state index in [9.17, 15) is 4.79 Å². The Kier molecular flexibility index (Phi) is 2.85. The fourth-order valence-corrected chi connectivity index (χ4v) is 1.55. The second kappa shape index (κ2) is 4.30. The summed E-state index contributed by atoms with van der Waals surface area (Å²) in [6.07, 6.45) is 0. The molecule has 1 aliphatic heterocycles. The van der Waals surface area contributed by atoms with Crippen LogP contribution in [0.4, 0.5) is 5.69 Å². The molecule has 0 saturated carbocycles. The standard InChI is InChI=1S/C11H13NO4/c1-14-7-3-4-10-8(5-7)12-9(6-16-10)11(13)15-2/h3-5,9,12H,6H2,1-2H3. The average molecular weight is 223 g/mol. The summed E-state index contributed by atoms with van der Waals surface area (Å²) in [4.78, 5) is 11.3. The number of benzene rings is 1. The van der Waals surface area contributed by atoms with Gasteiger partial charge >= 0.3 is 5.97 Å².